The van der Waals surface area contributed by atoms with E-state index in [2.05, 4.69) is 0 Å². The molecule has 4 rings (SSSR count). The normalized spacial score (nSPS) is 13.6. The third kappa shape index (κ3) is 5.38. The third-order valence-electron chi connectivity index (χ3n) is 5.39. The highest BCUT2D eigenvalue weighted by molar-refractivity contribution is 6.06. The third-order valence-corrected chi connectivity index (χ3v) is 5.39. The summed E-state index contributed by atoms with van der Waals surface area (Å²) < 4.78 is 5.34. The van der Waals surface area contributed by atoms with Gasteiger partial charge in [0.25, 0.3) is 5.91 Å². The minimum atomic E-state index is -0.0684. The molecule has 1 aliphatic rings. The molecule has 5 nitrogen and oxygen atoms in total. The Morgan fingerprint density at radius 1 is 0.806 bits per heavy atom. The van der Waals surface area contributed by atoms with Crippen LogP contribution in [0.2, 0.25) is 0 Å². The van der Waals surface area contributed by atoms with Crippen LogP contribution in [0.5, 0.6) is 0 Å². The summed E-state index contributed by atoms with van der Waals surface area (Å²) in [5.74, 6) is 0.0190. The fourth-order valence-corrected chi connectivity index (χ4v) is 3.72. The number of ether oxygens (including phenoxy) is 1. The Morgan fingerprint density at radius 2 is 1.45 bits per heavy atom. The van der Waals surface area contributed by atoms with Crippen LogP contribution >= 0.6 is 0 Å². The van der Waals surface area contributed by atoms with Gasteiger partial charge in [0.15, 0.2) is 0 Å². The van der Waals surface area contributed by atoms with Crippen molar-refractivity contribution in [3.05, 3.63) is 102 Å². The zero-order valence-corrected chi connectivity index (χ0v) is 17.4. The second-order valence-corrected chi connectivity index (χ2v) is 7.58. The molecule has 2 amide bonds. The van der Waals surface area contributed by atoms with Crippen LogP contribution in [0.15, 0.2) is 84.9 Å². The number of morpholine rings is 1. The summed E-state index contributed by atoms with van der Waals surface area (Å²) in [6, 6.07) is 26.9. The molecule has 0 radical (unpaired) electrons. The van der Waals surface area contributed by atoms with Crippen LogP contribution in [-0.4, -0.2) is 43.0 Å². The van der Waals surface area contributed by atoms with Gasteiger partial charge in [0.2, 0.25) is 5.91 Å². The first-order valence-corrected chi connectivity index (χ1v) is 10.6. The number of carbonyl (C=O) groups excluding carboxylic acids is 2. The van der Waals surface area contributed by atoms with Gasteiger partial charge < -0.3 is 14.5 Å². The lowest BCUT2D eigenvalue weighted by Gasteiger charge is -2.27. The van der Waals surface area contributed by atoms with Crippen molar-refractivity contribution in [3.63, 3.8) is 0 Å². The molecule has 1 fully saturated rings. The maximum absolute atomic E-state index is 13.4. The van der Waals surface area contributed by atoms with Crippen molar-refractivity contribution in [2.45, 2.75) is 13.0 Å². The Hall–Kier alpha value is -3.44. The molecular weight excluding hydrogens is 388 g/mol. The predicted molar refractivity (Wildman–Crippen MR) is 121 cm³/mol. The van der Waals surface area contributed by atoms with E-state index in [1.54, 1.807) is 4.90 Å². The van der Waals surface area contributed by atoms with E-state index >= 15 is 0 Å². The summed E-state index contributed by atoms with van der Waals surface area (Å²) in [5, 5.41) is 0. The largest absolute Gasteiger partial charge is 0.378 e. The van der Waals surface area contributed by atoms with Gasteiger partial charge in [0.05, 0.1) is 26.2 Å². The van der Waals surface area contributed by atoms with Gasteiger partial charge in [-0.2, -0.15) is 0 Å². The van der Waals surface area contributed by atoms with Crippen LogP contribution in [0.3, 0.4) is 0 Å². The van der Waals surface area contributed by atoms with Gasteiger partial charge in [0.1, 0.15) is 0 Å². The number of rotatable bonds is 6. The van der Waals surface area contributed by atoms with E-state index in [4.69, 9.17) is 4.74 Å². The molecule has 31 heavy (non-hydrogen) atoms. The van der Waals surface area contributed by atoms with Gasteiger partial charge in [-0.3, -0.25) is 9.59 Å². The van der Waals surface area contributed by atoms with Crippen LogP contribution in [0, 0.1) is 0 Å². The first kappa shape index (κ1) is 20.8. The average Bonchev–Trinajstić information content (AvgIpc) is 2.84. The molecule has 0 bridgehead atoms. The van der Waals surface area contributed by atoms with E-state index in [9.17, 15) is 9.59 Å². The van der Waals surface area contributed by atoms with Gasteiger partial charge in [0, 0.05) is 24.3 Å². The van der Waals surface area contributed by atoms with E-state index in [0.29, 0.717) is 44.8 Å². The number of benzene rings is 3. The molecule has 0 aromatic heterocycles. The van der Waals surface area contributed by atoms with Crippen LogP contribution in [-0.2, 0) is 22.5 Å². The summed E-state index contributed by atoms with van der Waals surface area (Å²) in [6.07, 6.45) is 0.312. The lowest BCUT2D eigenvalue weighted by atomic mass is 10.1. The Labute approximate surface area is 182 Å². The fourth-order valence-electron chi connectivity index (χ4n) is 3.72. The second-order valence-electron chi connectivity index (χ2n) is 7.58. The van der Waals surface area contributed by atoms with E-state index < -0.39 is 0 Å². The maximum Gasteiger partial charge on any atom is 0.258 e. The molecule has 0 saturated carbocycles. The Bertz CT molecular complexity index is 1020. The number of anilines is 1. The molecule has 5 heteroatoms. The van der Waals surface area contributed by atoms with Crippen LogP contribution in [0.25, 0.3) is 0 Å². The quantitative estimate of drug-likeness (QED) is 0.614. The lowest BCUT2D eigenvalue weighted by Crippen LogP contribution is -2.41. The van der Waals surface area contributed by atoms with Crippen LogP contribution in [0.1, 0.15) is 21.5 Å². The zero-order chi connectivity index (χ0) is 21.5. The maximum atomic E-state index is 13.4. The standard InChI is InChI=1S/C26H26N2O3/c29-25(27-14-16-31-17-15-27)19-22-10-7-13-24(18-22)28(20-21-8-3-1-4-9-21)26(30)23-11-5-2-6-12-23/h1-13,18H,14-17,19-20H2. The highest BCUT2D eigenvalue weighted by Gasteiger charge is 2.20. The number of hydrogen-bond acceptors (Lipinski definition) is 3. The number of carbonyl (C=O) groups is 2. The molecule has 0 unspecified atom stereocenters. The molecule has 1 saturated heterocycles. The molecular formula is C26H26N2O3. The minimum Gasteiger partial charge on any atom is -0.378 e. The summed E-state index contributed by atoms with van der Waals surface area (Å²) in [4.78, 5) is 29.7. The van der Waals surface area contributed by atoms with Crippen LogP contribution in [0.4, 0.5) is 5.69 Å². The first-order chi connectivity index (χ1) is 15.2. The SMILES string of the molecule is O=C(Cc1cccc(N(Cc2ccccc2)C(=O)c2ccccc2)c1)N1CCOCC1. The summed E-state index contributed by atoms with van der Waals surface area (Å²) in [5.41, 5.74) is 3.35. The Kier molecular flexibility index (Phi) is 6.75. The summed E-state index contributed by atoms with van der Waals surface area (Å²) in [6.45, 7) is 2.89. The van der Waals surface area contributed by atoms with Gasteiger partial charge >= 0.3 is 0 Å². The Morgan fingerprint density at radius 3 is 2.16 bits per heavy atom. The van der Waals surface area contributed by atoms with Crippen LogP contribution < -0.4 is 4.90 Å². The molecule has 0 aliphatic carbocycles. The van der Waals surface area contributed by atoms with Gasteiger partial charge in [-0.1, -0.05) is 60.7 Å². The number of amides is 2. The van der Waals surface area contributed by atoms with Crippen molar-refractivity contribution in [1.29, 1.82) is 0 Å². The fraction of sp³-hybridized carbons (Fsp3) is 0.231. The van der Waals surface area contributed by atoms with Gasteiger partial charge in [-0.15, -0.1) is 0 Å². The number of nitrogens with zero attached hydrogens (tertiary/aromatic N) is 2. The molecule has 0 atom stereocenters. The smallest absolute Gasteiger partial charge is 0.258 e. The molecule has 0 spiro atoms. The molecule has 0 N–H and O–H groups in total. The predicted octanol–water partition coefficient (Wildman–Crippen LogP) is 3.93. The average molecular weight is 415 g/mol. The van der Waals surface area contributed by atoms with E-state index in [1.165, 1.54) is 0 Å². The van der Waals surface area contributed by atoms with Gasteiger partial charge in [-0.05, 0) is 35.4 Å². The van der Waals surface area contributed by atoms with Gasteiger partial charge in [-0.25, -0.2) is 0 Å². The van der Waals surface area contributed by atoms with Crippen molar-refractivity contribution in [2.75, 3.05) is 31.2 Å². The lowest BCUT2D eigenvalue weighted by molar-refractivity contribution is -0.134. The highest BCUT2D eigenvalue weighted by atomic mass is 16.5. The van der Waals surface area contributed by atoms with Crippen molar-refractivity contribution >= 4 is 17.5 Å². The highest BCUT2D eigenvalue weighted by Crippen LogP contribution is 2.22. The molecule has 3 aromatic rings. The minimum absolute atomic E-state index is 0.0684. The van der Waals surface area contributed by atoms with Crippen molar-refractivity contribution < 1.29 is 14.3 Å². The molecule has 158 valence electrons. The van der Waals surface area contributed by atoms with Crippen molar-refractivity contribution in [1.82, 2.24) is 4.90 Å². The molecule has 1 aliphatic heterocycles. The summed E-state index contributed by atoms with van der Waals surface area (Å²) >= 11 is 0. The second kappa shape index (κ2) is 10.0. The topological polar surface area (TPSA) is 49.9 Å². The number of hydrogen-bond donors (Lipinski definition) is 0. The first-order valence-electron chi connectivity index (χ1n) is 10.6. The molecule has 3 aromatic carbocycles. The van der Waals surface area contributed by atoms with Crippen molar-refractivity contribution in [2.24, 2.45) is 0 Å². The van der Waals surface area contributed by atoms with Crippen molar-refractivity contribution in [3.8, 4) is 0 Å². The molecule has 1 heterocycles. The Balaban J connectivity index is 1.59. The van der Waals surface area contributed by atoms with E-state index in [-0.39, 0.29) is 11.8 Å². The van der Waals surface area contributed by atoms with E-state index in [0.717, 1.165) is 16.8 Å². The zero-order valence-electron chi connectivity index (χ0n) is 17.4. The van der Waals surface area contributed by atoms with E-state index in [1.807, 2.05) is 89.8 Å². The monoisotopic (exact) mass is 414 g/mol. The summed E-state index contributed by atoms with van der Waals surface area (Å²) in [7, 11) is 0.